The highest BCUT2D eigenvalue weighted by atomic mass is 32.2. The van der Waals surface area contributed by atoms with E-state index in [1.54, 1.807) is 11.8 Å². The summed E-state index contributed by atoms with van der Waals surface area (Å²) < 4.78 is 5.64. The summed E-state index contributed by atoms with van der Waals surface area (Å²) in [5, 5.41) is 3.80. The molecular weight excluding hydrogens is 414 g/mol. The van der Waals surface area contributed by atoms with Gasteiger partial charge in [0, 0.05) is 0 Å². The Morgan fingerprint density at radius 1 is 1.00 bits per heavy atom. The van der Waals surface area contributed by atoms with Gasteiger partial charge in [0.15, 0.2) is 0 Å². The Bertz CT molecular complexity index is 588. The Morgan fingerprint density at radius 2 is 1.67 bits per heavy atom. The van der Waals surface area contributed by atoms with Gasteiger partial charge in [-0.15, -0.1) is 23.5 Å². The number of amides is 1. The van der Waals surface area contributed by atoms with Crippen molar-refractivity contribution in [2.24, 2.45) is 0 Å². The van der Waals surface area contributed by atoms with Crippen LogP contribution in [0.15, 0.2) is 11.4 Å². The Balaban J connectivity index is 2.72. The Labute approximate surface area is 192 Å². The van der Waals surface area contributed by atoms with Crippen LogP contribution in [0.2, 0.25) is 0 Å². The molecule has 0 aliphatic heterocycles. The Kier molecular flexibility index (Phi) is 16.0. The maximum atomic E-state index is 13.2. The van der Waals surface area contributed by atoms with E-state index in [4.69, 9.17) is 4.74 Å². The lowest BCUT2D eigenvalue weighted by atomic mass is 10.1. The molecule has 0 fully saturated rings. The highest BCUT2D eigenvalue weighted by Crippen LogP contribution is 2.32. The molecule has 0 aliphatic rings. The zero-order valence-corrected chi connectivity index (χ0v) is 21.0. The molecule has 1 heterocycles. The number of hydrogen-bond donors (Lipinski definition) is 1. The van der Waals surface area contributed by atoms with Gasteiger partial charge in [0.1, 0.15) is 17.0 Å². The van der Waals surface area contributed by atoms with Gasteiger partial charge in [-0.1, -0.05) is 71.6 Å². The van der Waals surface area contributed by atoms with Crippen molar-refractivity contribution in [2.45, 2.75) is 102 Å². The van der Waals surface area contributed by atoms with Gasteiger partial charge in [0.25, 0.3) is 0 Å². The lowest BCUT2D eigenvalue weighted by Crippen LogP contribution is -2.26. The molecule has 1 aromatic rings. The average Bonchev–Trinajstić information content (AvgIpc) is 2.75. The van der Waals surface area contributed by atoms with E-state index in [0.717, 1.165) is 23.6 Å². The van der Waals surface area contributed by atoms with Crippen molar-refractivity contribution in [1.29, 1.82) is 0 Å². The van der Waals surface area contributed by atoms with Crippen molar-refractivity contribution in [1.82, 2.24) is 9.97 Å². The first-order valence-electron chi connectivity index (χ1n) is 11.6. The zero-order valence-electron chi connectivity index (χ0n) is 19.4. The molecule has 0 aromatic carbocycles. The molecule has 1 rings (SSSR count). The number of unbranched alkanes of at least 4 members (excludes halogenated alkanes) is 8. The molecular formula is C23H41N3O2S2. The van der Waals surface area contributed by atoms with Crippen LogP contribution in [0.3, 0.4) is 0 Å². The van der Waals surface area contributed by atoms with Crippen molar-refractivity contribution < 1.29 is 9.53 Å². The van der Waals surface area contributed by atoms with Gasteiger partial charge in [-0.3, -0.25) is 4.79 Å². The van der Waals surface area contributed by atoms with Crippen LogP contribution in [-0.2, 0) is 4.79 Å². The molecule has 0 bridgehead atoms. The Hall–Kier alpha value is -0.950. The molecule has 172 valence electrons. The molecule has 5 nitrogen and oxygen atoms in total. The lowest BCUT2D eigenvalue weighted by molar-refractivity contribution is -0.115. The minimum atomic E-state index is -0.0396. The summed E-state index contributed by atoms with van der Waals surface area (Å²) in [5.41, 5.74) is 0.608. The first-order chi connectivity index (χ1) is 14.7. The summed E-state index contributed by atoms with van der Waals surface area (Å²) in [6.07, 6.45) is 16.7. The van der Waals surface area contributed by atoms with Crippen molar-refractivity contribution in [3.63, 3.8) is 0 Å². The van der Waals surface area contributed by atoms with E-state index in [0.29, 0.717) is 18.2 Å². The monoisotopic (exact) mass is 455 g/mol. The van der Waals surface area contributed by atoms with Crippen LogP contribution in [0, 0.1) is 0 Å². The van der Waals surface area contributed by atoms with Crippen LogP contribution in [0.1, 0.15) is 91.4 Å². The second-order valence-corrected chi connectivity index (χ2v) is 9.57. The van der Waals surface area contributed by atoms with E-state index in [1.165, 1.54) is 75.9 Å². The molecule has 1 unspecified atom stereocenters. The molecule has 1 amide bonds. The van der Waals surface area contributed by atoms with Crippen LogP contribution >= 0.6 is 23.5 Å². The number of ether oxygens (including phenoxy) is 1. The number of carbonyl (C=O) groups excluding carboxylic acids is 1. The highest BCUT2D eigenvalue weighted by Gasteiger charge is 2.22. The van der Waals surface area contributed by atoms with E-state index in [-0.39, 0.29) is 11.2 Å². The molecule has 0 spiro atoms. The fourth-order valence-electron chi connectivity index (χ4n) is 3.22. The van der Waals surface area contributed by atoms with Crippen molar-refractivity contribution in [3.05, 3.63) is 6.33 Å². The van der Waals surface area contributed by atoms with E-state index < -0.39 is 0 Å². The largest absolute Gasteiger partial charge is 0.476 e. The number of thioether (sulfide) groups is 2. The van der Waals surface area contributed by atoms with Gasteiger partial charge in [-0.25, -0.2) is 4.98 Å². The second-order valence-electron chi connectivity index (χ2n) is 7.46. The molecule has 1 atom stereocenters. The van der Waals surface area contributed by atoms with E-state index >= 15 is 0 Å². The molecule has 0 saturated carbocycles. The number of nitrogens with zero attached hydrogens (tertiary/aromatic N) is 2. The summed E-state index contributed by atoms with van der Waals surface area (Å²) in [4.78, 5) is 21.7. The summed E-state index contributed by atoms with van der Waals surface area (Å²) in [6, 6.07) is 0. The third-order valence-corrected chi connectivity index (χ3v) is 7.00. The second kappa shape index (κ2) is 17.7. The molecule has 0 aliphatic carbocycles. The third kappa shape index (κ3) is 10.9. The van der Waals surface area contributed by atoms with E-state index in [2.05, 4.69) is 29.1 Å². The number of hydrogen-bond acceptors (Lipinski definition) is 6. The lowest BCUT2D eigenvalue weighted by Gasteiger charge is -2.18. The SMILES string of the molecule is CCCCCCCCC(SCCCCCC)C(=O)Nc1c(OCC)ncnc1SC. The van der Waals surface area contributed by atoms with Gasteiger partial charge >= 0.3 is 0 Å². The normalized spacial score (nSPS) is 12.0. The standard InChI is InChI=1S/C23H41N3O2S2/c1-5-8-10-12-13-14-16-19(30-17-15-11-9-6-2)21(27)26-20-22(28-7-3)24-18-25-23(20)29-4/h18-19H,5-17H2,1-4H3,(H,26,27). The zero-order chi connectivity index (χ0) is 22.0. The smallest absolute Gasteiger partial charge is 0.242 e. The number of aromatic nitrogens is 2. The predicted molar refractivity (Wildman–Crippen MR) is 132 cm³/mol. The quantitative estimate of drug-likeness (QED) is 0.146. The molecule has 0 radical (unpaired) electrons. The maximum Gasteiger partial charge on any atom is 0.242 e. The summed E-state index contributed by atoms with van der Waals surface area (Å²) >= 11 is 3.29. The van der Waals surface area contributed by atoms with Crippen LogP contribution < -0.4 is 10.1 Å². The Morgan fingerprint density at radius 3 is 2.33 bits per heavy atom. The van der Waals surface area contributed by atoms with Gasteiger partial charge in [-0.2, -0.15) is 4.98 Å². The number of nitrogens with one attached hydrogen (secondary N) is 1. The first kappa shape index (κ1) is 27.1. The van der Waals surface area contributed by atoms with Crippen LogP contribution in [0.25, 0.3) is 0 Å². The summed E-state index contributed by atoms with van der Waals surface area (Å²) in [7, 11) is 0. The summed E-state index contributed by atoms with van der Waals surface area (Å²) in [5.74, 6) is 1.54. The summed E-state index contributed by atoms with van der Waals surface area (Å²) in [6.45, 7) is 6.88. The predicted octanol–water partition coefficient (Wildman–Crippen LogP) is 6.97. The van der Waals surface area contributed by atoms with Gasteiger partial charge < -0.3 is 10.1 Å². The molecule has 1 N–H and O–H groups in total. The first-order valence-corrected chi connectivity index (χ1v) is 13.9. The minimum absolute atomic E-state index is 0.0396. The van der Waals surface area contributed by atoms with Crippen LogP contribution in [-0.4, -0.2) is 39.7 Å². The van der Waals surface area contributed by atoms with Crippen molar-refractivity contribution in [2.75, 3.05) is 23.9 Å². The highest BCUT2D eigenvalue weighted by molar-refractivity contribution is 8.00. The molecule has 1 aromatic heterocycles. The van der Waals surface area contributed by atoms with Gasteiger partial charge in [-0.05, 0) is 31.8 Å². The van der Waals surface area contributed by atoms with Crippen molar-refractivity contribution in [3.8, 4) is 5.88 Å². The maximum absolute atomic E-state index is 13.2. The molecule has 0 saturated heterocycles. The fourth-order valence-corrected chi connectivity index (χ4v) is 4.91. The van der Waals surface area contributed by atoms with E-state index in [9.17, 15) is 4.79 Å². The van der Waals surface area contributed by atoms with Gasteiger partial charge in [0.2, 0.25) is 11.8 Å². The van der Waals surface area contributed by atoms with Crippen molar-refractivity contribution >= 4 is 35.1 Å². The fraction of sp³-hybridized carbons (Fsp3) is 0.783. The van der Waals surface area contributed by atoms with Gasteiger partial charge in [0.05, 0.1) is 11.9 Å². The number of rotatable bonds is 18. The topological polar surface area (TPSA) is 64.1 Å². The molecule has 7 heteroatoms. The van der Waals surface area contributed by atoms with Crippen LogP contribution in [0.4, 0.5) is 5.69 Å². The average molecular weight is 456 g/mol. The molecule has 30 heavy (non-hydrogen) atoms. The number of carbonyl (C=O) groups is 1. The number of anilines is 1. The third-order valence-electron chi connectivity index (χ3n) is 4.93. The van der Waals surface area contributed by atoms with Crippen LogP contribution in [0.5, 0.6) is 5.88 Å². The van der Waals surface area contributed by atoms with E-state index in [1.807, 2.05) is 13.2 Å². The minimum Gasteiger partial charge on any atom is -0.476 e.